The van der Waals surface area contributed by atoms with E-state index in [1.165, 1.54) is 6.07 Å². The van der Waals surface area contributed by atoms with E-state index in [1.54, 1.807) is 55.5 Å². The lowest BCUT2D eigenvalue weighted by Gasteiger charge is -2.21. The van der Waals surface area contributed by atoms with Crippen LogP contribution < -0.4 is 20.5 Å². The summed E-state index contributed by atoms with van der Waals surface area (Å²) in [7, 11) is 0. The van der Waals surface area contributed by atoms with E-state index in [0.717, 1.165) is 19.4 Å². The average molecular weight is 512 g/mol. The highest BCUT2D eigenvalue weighted by Gasteiger charge is 2.35. The molecule has 1 aromatic heterocycles. The number of phenolic OH excluding ortho intramolecular Hbond substituents is 1. The summed E-state index contributed by atoms with van der Waals surface area (Å²) in [6, 6.07) is 14.4. The topological polar surface area (TPSA) is 150 Å². The minimum absolute atomic E-state index is 0.0326. The maximum Gasteiger partial charge on any atom is 0.327 e. The van der Waals surface area contributed by atoms with Gasteiger partial charge in [-0.2, -0.15) is 15.0 Å². The fourth-order valence-electron chi connectivity index (χ4n) is 4.13. The lowest BCUT2D eigenvalue weighted by molar-refractivity contribution is 0.0977. The Kier molecular flexibility index (Phi) is 6.61. The van der Waals surface area contributed by atoms with Gasteiger partial charge in [0.2, 0.25) is 5.95 Å². The van der Waals surface area contributed by atoms with Crippen molar-refractivity contribution in [3.8, 4) is 29.0 Å². The Hall–Kier alpha value is -4.99. The fourth-order valence-corrected chi connectivity index (χ4v) is 4.13. The van der Waals surface area contributed by atoms with Crippen LogP contribution in [0.3, 0.4) is 0 Å². The highest BCUT2D eigenvalue weighted by molar-refractivity contribution is 6.31. The molecule has 0 atom stereocenters. The Morgan fingerprint density at radius 1 is 0.895 bits per heavy atom. The molecule has 0 saturated carbocycles. The van der Waals surface area contributed by atoms with Gasteiger partial charge in [-0.05, 0) is 37.6 Å². The third kappa shape index (κ3) is 4.71. The molecule has 1 aliphatic carbocycles. The molecule has 4 aromatic rings. The van der Waals surface area contributed by atoms with Gasteiger partial charge in [0.25, 0.3) is 0 Å². The van der Waals surface area contributed by atoms with E-state index in [-0.39, 0.29) is 45.5 Å². The first-order chi connectivity index (χ1) is 18.4. The van der Waals surface area contributed by atoms with Crippen molar-refractivity contribution in [2.75, 3.05) is 17.6 Å². The Labute approximate surface area is 218 Å². The second-order valence-electron chi connectivity index (χ2n) is 8.71. The summed E-state index contributed by atoms with van der Waals surface area (Å²) < 4.78 is 11.7. The van der Waals surface area contributed by atoms with E-state index in [2.05, 4.69) is 27.2 Å². The monoisotopic (exact) mass is 511 g/mol. The highest BCUT2D eigenvalue weighted by atomic mass is 16.5. The van der Waals surface area contributed by atoms with Crippen LogP contribution in [-0.4, -0.2) is 38.2 Å². The summed E-state index contributed by atoms with van der Waals surface area (Å²) in [5, 5.41) is 13.8. The van der Waals surface area contributed by atoms with Crippen LogP contribution in [0.5, 0.6) is 29.0 Å². The summed E-state index contributed by atoms with van der Waals surface area (Å²) >= 11 is 0. The van der Waals surface area contributed by atoms with Crippen molar-refractivity contribution < 1.29 is 24.2 Å². The van der Waals surface area contributed by atoms with Gasteiger partial charge in [-0.15, -0.1) is 0 Å². The number of aromatic nitrogens is 3. The molecule has 0 unspecified atom stereocenters. The van der Waals surface area contributed by atoms with Crippen molar-refractivity contribution in [3.63, 3.8) is 0 Å². The number of aryl methyl sites for hydroxylation is 1. The van der Waals surface area contributed by atoms with Crippen LogP contribution >= 0.6 is 0 Å². The van der Waals surface area contributed by atoms with Gasteiger partial charge in [-0.3, -0.25) is 9.59 Å². The second-order valence-corrected chi connectivity index (χ2v) is 8.71. The van der Waals surface area contributed by atoms with Crippen molar-refractivity contribution in [1.29, 1.82) is 0 Å². The molecule has 10 heteroatoms. The quantitative estimate of drug-likeness (QED) is 0.147. The molecule has 0 spiro atoms. The number of fused-ring (bicyclic) bond motifs is 2. The molecule has 0 bridgehead atoms. The molecule has 192 valence electrons. The molecule has 5 rings (SSSR count). The van der Waals surface area contributed by atoms with Gasteiger partial charge in [-0.25, -0.2) is 0 Å². The molecule has 0 radical (unpaired) electrons. The zero-order valence-corrected chi connectivity index (χ0v) is 20.8. The molecule has 10 nitrogen and oxygen atoms in total. The number of nitrogens with two attached hydrogens (primary N) is 1. The van der Waals surface area contributed by atoms with Gasteiger partial charge in [0.15, 0.2) is 17.3 Å². The molecule has 0 aliphatic heterocycles. The van der Waals surface area contributed by atoms with Crippen LogP contribution in [0, 0.1) is 6.92 Å². The maximum atomic E-state index is 13.1. The summed E-state index contributed by atoms with van der Waals surface area (Å²) in [5.41, 5.74) is 6.49. The van der Waals surface area contributed by atoms with Crippen molar-refractivity contribution in [2.24, 2.45) is 0 Å². The normalized spacial score (nSPS) is 12.1. The summed E-state index contributed by atoms with van der Waals surface area (Å²) in [6.07, 6.45) is 2.04. The van der Waals surface area contributed by atoms with Gasteiger partial charge in [0, 0.05) is 23.7 Å². The number of benzene rings is 3. The van der Waals surface area contributed by atoms with Gasteiger partial charge in [0.1, 0.15) is 23.1 Å². The van der Waals surface area contributed by atoms with Crippen LogP contribution in [0.25, 0.3) is 0 Å². The number of ketones is 2. The standard InChI is InChI=1S/C28H25N5O5/c1-3-4-13-30-27-31-15(2)32-28(33-27)38-17-11-9-16(10-12-17)37-21-14-20(34)22-23(24(21)29)26(36)19-8-6-5-7-18(19)25(22)35/h5-12,14,34H,3-4,13,29H2,1-2H3,(H,30,31,32,33). The minimum atomic E-state index is -0.468. The first-order valence-electron chi connectivity index (χ1n) is 12.1. The van der Waals surface area contributed by atoms with Crippen LogP contribution in [0.2, 0.25) is 0 Å². The van der Waals surface area contributed by atoms with E-state index in [0.29, 0.717) is 23.3 Å². The minimum Gasteiger partial charge on any atom is -0.507 e. The molecule has 4 N–H and O–H groups in total. The molecule has 0 amide bonds. The number of phenols is 1. The van der Waals surface area contributed by atoms with Crippen LogP contribution in [0.1, 0.15) is 57.4 Å². The number of nitrogens with one attached hydrogen (secondary N) is 1. The molecular weight excluding hydrogens is 486 g/mol. The van der Waals surface area contributed by atoms with Crippen molar-refractivity contribution in [1.82, 2.24) is 15.0 Å². The predicted octanol–water partition coefficient (Wildman–Crippen LogP) is 5.04. The zero-order chi connectivity index (χ0) is 26.8. The van der Waals surface area contributed by atoms with E-state index >= 15 is 0 Å². The molecule has 38 heavy (non-hydrogen) atoms. The van der Waals surface area contributed by atoms with Crippen LogP contribution in [0.15, 0.2) is 54.6 Å². The van der Waals surface area contributed by atoms with Gasteiger partial charge < -0.3 is 25.6 Å². The van der Waals surface area contributed by atoms with Gasteiger partial charge >= 0.3 is 6.01 Å². The molecule has 3 aromatic carbocycles. The first kappa shape index (κ1) is 24.7. The number of aromatic hydroxyl groups is 1. The number of nitrogens with zero attached hydrogens (tertiary/aromatic N) is 3. The number of anilines is 2. The van der Waals surface area contributed by atoms with Crippen LogP contribution in [-0.2, 0) is 0 Å². The highest BCUT2D eigenvalue weighted by Crippen LogP contribution is 2.42. The molecule has 1 heterocycles. The Bertz CT molecular complexity index is 1550. The fraction of sp³-hybridized carbons (Fsp3) is 0.179. The van der Waals surface area contributed by atoms with Crippen molar-refractivity contribution >= 4 is 23.2 Å². The number of nitrogen functional groups attached to an aromatic ring is 1. The van der Waals surface area contributed by atoms with E-state index in [1.807, 2.05) is 0 Å². The largest absolute Gasteiger partial charge is 0.507 e. The Balaban J connectivity index is 1.36. The third-order valence-electron chi connectivity index (χ3n) is 5.98. The van der Waals surface area contributed by atoms with E-state index in [4.69, 9.17) is 15.2 Å². The molecule has 0 saturated heterocycles. The number of carbonyl (C=O) groups excluding carboxylic acids is 2. The number of rotatable bonds is 8. The van der Waals surface area contributed by atoms with Gasteiger partial charge in [-0.1, -0.05) is 37.6 Å². The summed E-state index contributed by atoms with van der Waals surface area (Å²) in [5.74, 6) is 0.537. The third-order valence-corrected chi connectivity index (χ3v) is 5.98. The molecular formula is C28H25N5O5. The number of unbranched alkanes of at least 4 members (excludes halogenated alkanes) is 1. The second kappa shape index (κ2) is 10.2. The lowest BCUT2D eigenvalue weighted by Crippen LogP contribution is -2.22. The number of hydrogen-bond acceptors (Lipinski definition) is 10. The van der Waals surface area contributed by atoms with Crippen molar-refractivity contribution in [3.05, 3.63) is 82.7 Å². The Morgan fingerprint density at radius 2 is 1.53 bits per heavy atom. The van der Waals surface area contributed by atoms with Crippen LogP contribution in [0.4, 0.5) is 11.6 Å². The van der Waals surface area contributed by atoms with E-state index in [9.17, 15) is 14.7 Å². The number of carbonyl (C=O) groups is 2. The summed E-state index contributed by atoms with van der Waals surface area (Å²) in [4.78, 5) is 38.9. The number of hydrogen-bond donors (Lipinski definition) is 3. The first-order valence-corrected chi connectivity index (χ1v) is 12.1. The smallest absolute Gasteiger partial charge is 0.327 e. The number of ether oxygens (including phenoxy) is 2. The lowest BCUT2D eigenvalue weighted by atomic mass is 9.82. The molecule has 0 fully saturated rings. The zero-order valence-electron chi connectivity index (χ0n) is 20.8. The molecule has 1 aliphatic rings. The maximum absolute atomic E-state index is 13.1. The van der Waals surface area contributed by atoms with Crippen molar-refractivity contribution in [2.45, 2.75) is 26.7 Å². The SMILES string of the molecule is CCCCNc1nc(C)nc(Oc2ccc(Oc3cc(O)c4c(c3N)C(=O)c3ccccc3C4=O)cc2)n1. The predicted molar refractivity (Wildman–Crippen MR) is 140 cm³/mol. The van der Waals surface area contributed by atoms with Gasteiger partial charge in [0.05, 0.1) is 16.8 Å². The summed E-state index contributed by atoms with van der Waals surface area (Å²) in [6.45, 7) is 4.61. The average Bonchev–Trinajstić information content (AvgIpc) is 2.90. The Morgan fingerprint density at radius 3 is 2.18 bits per heavy atom. The van der Waals surface area contributed by atoms with E-state index < -0.39 is 11.6 Å².